The van der Waals surface area contributed by atoms with E-state index in [4.69, 9.17) is 5.73 Å². The highest BCUT2D eigenvalue weighted by Crippen LogP contribution is 2.22. The summed E-state index contributed by atoms with van der Waals surface area (Å²) in [5.74, 6) is -0.115. The van der Waals surface area contributed by atoms with E-state index in [0.717, 1.165) is 20.1 Å². The van der Waals surface area contributed by atoms with Crippen molar-refractivity contribution in [3.63, 3.8) is 0 Å². The van der Waals surface area contributed by atoms with Crippen LogP contribution in [0.5, 0.6) is 0 Å². The third-order valence-electron chi connectivity index (χ3n) is 2.95. The van der Waals surface area contributed by atoms with Gasteiger partial charge < -0.3 is 11.1 Å². The summed E-state index contributed by atoms with van der Waals surface area (Å²) < 4.78 is 1.69. The van der Waals surface area contributed by atoms with Gasteiger partial charge in [0.15, 0.2) is 0 Å². The topological polar surface area (TPSA) is 55.1 Å². The Morgan fingerprint density at radius 1 is 1.10 bits per heavy atom. The molecule has 0 saturated heterocycles. The lowest BCUT2D eigenvalue weighted by Gasteiger charge is -2.10. The molecular weight excluding hydrogens is 384 g/mol. The molecule has 0 bridgehead atoms. The fraction of sp³-hybridized carbons (Fsp3) is 0.133. The number of halogens is 2. The molecule has 0 spiro atoms. The first-order valence-electron chi connectivity index (χ1n) is 6.12. The van der Waals surface area contributed by atoms with Gasteiger partial charge >= 0.3 is 0 Å². The smallest absolute Gasteiger partial charge is 0.252 e. The van der Waals surface area contributed by atoms with Crippen LogP contribution in [0.3, 0.4) is 0 Å². The summed E-state index contributed by atoms with van der Waals surface area (Å²) >= 11 is 6.76. The maximum absolute atomic E-state index is 12.2. The fourth-order valence-electron chi connectivity index (χ4n) is 1.87. The lowest BCUT2D eigenvalue weighted by molar-refractivity contribution is 0.0950. The van der Waals surface area contributed by atoms with Crippen LogP contribution < -0.4 is 11.1 Å². The van der Waals surface area contributed by atoms with Crippen LogP contribution in [0, 0.1) is 0 Å². The monoisotopic (exact) mass is 396 g/mol. The molecular formula is C15H14Br2N2O. The van der Waals surface area contributed by atoms with Gasteiger partial charge in [-0.1, -0.05) is 40.2 Å². The summed E-state index contributed by atoms with van der Waals surface area (Å²) in [4.78, 5) is 12.2. The average Bonchev–Trinajstić information content (AvgIpc) is 2.45. The third-order valence-corrected chi connectivity index (χ3v) is 4.10. The highest BCUT2D eigenvalue weighted by atomic mass is 79.9. The summed E-state index contributed by atoms with van der Waals surface area (Å²) in [7, 11) is 0. The summed E-state index contributed by atoms with van der Waals surface area (Å²) in [6.45, 7) is 0.933. The summed E-state index contributed by atoms with van der Waals surface area (Å²) in [5, 5.41) is 2.91. The zero-order valence-corrected chi connectivity index (χ0v) is 13.9. The average molecular weight is 398 g/mol. The molecule has 0 aliphatic carbocycles. The van der Waals surface area contributed by atoms with Crippen LogP contribution >= 0.6 is 31.9 Å². The SMILES string of the molecule is NCc1ccccc1CNC(=O)c1ccc(Br)cc1Br. The predicted molar refractivity (Wildman–Crippen MR) is 87.3 cm³/mol. The summed E-state index contributed by atoms with van der Waals surface area (Å²) in [6.07, 6.45) is 0. The summed E-state index contributed by atoms with van der Waals surface area (Å²) in [5.41, 5.74) is 8.38. The third kappa shape index (κ3) is 3.69. The van der Waals surface area contributed by atoms with Gasteiger partial charge in [-0.05, 0) is 45.3 Å². The number of amides is 1. The molecule has 0 fully saturated rings. The van der Waals surface area contributed by atoms with E-state index >= 15 is 0 Å². The molecule has 0 aromatic heterocycles. The van der Waals surface area contributed by atoms with Crippen molar-refractivity contribution in [1.29, 1.82) is 0 Å². The molecule has 0 unspecified atom stereocenters. The Morgan fingerprint density at radius 3 is 2.45 bits per heavy atom. The Bertz CT molecular complexity index is 629. The van der Waals surface area contributed by atoms with Gasteiger partial charge in [0.05, 0.1) is 5.56 Å². The largest absolute Gasteiger partial charge is 0.348 e. The molecule has 2 rings (SSSR count). The number of nitrogens with two attached hydrogens (primary N) is 1. The van der Waals surface area contributed by atoms with Gasteiger partial charge in [0, 0.05) is 22.0 Å². The molecule has 20 heavy (non-hydrogen) atoms. The highest BCUT2D eigenvalue weighted by Gasteiger charge is 2.10. The van der Waals surface area contributed by atoms with Gasteiger partial charge in [-0.25, -0.2) is 0 Å². The van der Waals surface area contributed by atoms with Crippen molar-refractivity contribution in [2.75, 3.05) is 0 Å². The molecule has 3 nitrogen and oxygen atoms in total. The number of carbonyl (C=O) groups is 1. The number of nitrogens with one attached hydrogen (secondary N) is 1. The van der Waals surface area contributed by atoms with Crippen LogP contribution in [0.15, 0.2) is 51.4 Å². The molecule has 2 aromatic carbocycles. The molecule has 3 N–H and O–H groups in total. The highest BCUT2D eigenvalue weighted by molar-refractivity contribution is 9.11. The minimum atomic E-state index is -0.115. The molecule has 0 radical (unpaired) electrons. The normalized spacial score (nSPS) is 10.3. The van der Waals surface area contributed by atoms with Crippen LogP contribution in [0.25, 0.3) is 0 Å². The lowest BCUT2D eigenvalue weighted by Crippen LogP contribution is -2.24. The maximum atomic E-state index is 12.2. The van der Waals surface area contributed by atoms with E-state index in [1.54, 1.807) is 6.07 Å². The minimum absolute atomic E-state index is 0.115. The standard InChI is InChI=1S/C15H14Br2N2O/c16-12-5-6-13(14(17)7-12)15(20)19-9-11-4-2-1-3-10(11)8-18/h1-7H,8-9,18H2,(H,19,20). The first-order valence-corrected chi connectivity index (χ1v) is 7.70. The van der Waals surface area contributed by atoms with Crippen LogP contribution in [0.1, 0.15) is 21.5 Å². The van der Waals surface area contributed by atoms with Crippen molar-refractivity contribution in [3.8, 4) is 0 Å². The number of hydrogen-bond acceptors (Lipinski definition) is 2. The number of carbonyl (C=O) groups excluding carboxylic acids is 1. The second-order valence-electron chi connectivity index (χ2n) is 4.28. The number of rotatable bonds is 4. The van der Waals surface area contributed by atoms with Crippen LogP contribution in [0.4, 0.5) is 0 Å². The molecule has 0 atom stereocenters. The van der Waals surface area contributed by atoms with Gasteiger partial charge in [-0.15, -0.1) is 0 Å². The van der Waals surface area contributed by atoms with E-state index in [0.29, 0.717) is 18.7 Å². The molecule has 5 heteroatoms. The Morgan fingerprint density at radius 2 is 1.80 bits per heavy atom. The van der Waals surface area contributed by atoms with E-state index in [1.807, 2.05) is 36.4 Å². The van der Waals surface area contributed by atoms with Crippen LogP contribution in [-0.4, -0.2) is 5.91 Å². The van der Waals surface area contributed by atoms with Gasteiger partial charge in [-0.2, -0.15) is 0 Å². The first kappa shape index (κ1) is 15.2. The minimum Gasteiger partial charge on any atom is -0.348 e. The van der Waals surface area contributed by atoms with Gasteiger partial charge in [0.25, 0.3) is 5.91 Å². The molecule has 0 aliphatic rings. The molecule has 0 heterocycles. The van der Waals surface area contributed by atoms with E-state index in [1.165, 1.54) is 0 Å². The van der Waals surface area contributed by atoms with E-state index in [2.05, 4.69) is 37.2 Å². The van der Waals surface area contributed by atoms with E-state index in [-0.39, 0.29) is 5.91 Å². The van der Waals surface area contributed by atoms with Crippen LogP contribution in [-0.2, 0) is 13.1 Å². The van der Waals surface area contributed by atoms with Gasteiger partial charge in [0.2, 0.25) is 0 Å². The molecule has 104 valence electrons. The van der Waals surface area contributed by atoms with E-state index < -0.39 is 0 Å². The van der Waals surface area contributed by atoms with Crippen molar-refractivity contribution in [3.05, 3.63) is 68.1 Å². The van der Waals surface area contributed by atoms with E-state index in [9.17, 15) is 4.79 Å². The van der Waals surface area contributed by atoms with Crippen molar-refractivity contribution in [2.24, 2.45) is 5.73 Å². The Hall–Kier alpha value is -1.17. The number of benzene rings is 2. The quantitative estimate of drug-likeness (QED) is 0.827. The Kier molecular flexibility index (Phi) is 5.34. The molecule has 0 saturated carbocycles. The van der Waals surface area contributed by atoms with Gasteiger partial charge in [-0.3, -0.25) is 4.79 Å². The van der Waals surface area contributed by atoms with Crippen molar-refractivity contribution < 1.29 is 4.79 Å². The fourth-order valence-corrected chi connectivity index (χ4v) is 3.10. The predicted octanol–water partition coefficient (Wildman–Crippen LogP) is 3.60. The maximum Gasteiger partial charge on any atom is 0.252 e. The van der Waals surface area contributed by atoms with Gasteiger partial charge in [0.1, 0.15) is 0 Å². The number of hydrogen-bond donors (Lipinski definition) is 2. The lowest BCUT2D eigenvalue weighted by atomic mass is 10.1. The summed E-state index contributed by atoms with van der Waals surface area (Å²) in [6, 6.07) is 13.3. The zero-order valence-electron chi connectivity index (χ0n) is 10.7. The van der Waals surface area contributed by atoms with Crippen molar-refractivity contribution in [1.82, 2.24) is 5.32 Å². The Labute approximate surface area is 134 Å². The molecule has 1 amide bonds. The van der Waals surface area contributed by atoms with Crippen molar-refractivity contribution >= 4 is 37.8 Å². The van der Waals surface area contributed by atoms with Crippen molar-refractivity contribution in [2.45, 2.75) is 13.1 Å². The van der Waals surface area contributed by atoms with Crippen LogP contribution in [0.2, 0.25) is 0 Å². The second kappa shape index (κ2) is 7.02. The molecule has 2 aromatic rings. The second-order valence-corrected chi connectivity index (χ2v) is 6.05. The molecule has 0 aliphatic heterocycles. The Balaban J connectivity index is 2.09. The first-order chi connectivity index (χ1) is 9.61. The zero-order chi connectivity index (χ0) is 14.5.